The second kappa shape index (κ2) is 8.99. The Morgan fingerprint density at radius 1 is 1.10 bits per heavy atom. The highest BCUT2D eigenvalue weighted by molar-refractivity contribution is 7.89. The first-order chi connectivity index (χ1) is 14.1. The van der Waals surface area contributed by atoms with Crippen LogP contribution in [0.3, 0.4) is 0 Å². The molecule has 162 valence electrons. The molecule has 0 radical (unpaired) electrons. The maximum Gasteiger partial charge on any atom is 0.243 e. The van der Waals surface area contributed by atoms with Crippen molar-refractivity contribution in [1.29, 1.82) is 0 Å². The SMILES string of the molecule is C[C@@H](c1ccc(F)c(F)c1)N(C)C(=O)C1CCN(S(=O)(=O)c2ccc(Cl)cc2)CC1. The number of carbonyl (C=O) groups is 1. The van der Waals surface area contributed by atoms with Crippen molar-refractivity contribution in [3.8, 4) is 0 Å². The molecule has 2 aromatic carbocycles. The third-order valence-electron chi connectivity index (χ3n) is 5.61. The lowest BCUT2D eigenvalue weighted by Crippen LogP contribution is -2.43. The fourth-order valence-corrected chi connectivity index (χ4v) is 5.17. The van der Waals surface area contributed by atoms with Gasteiger partial charge in [0.15, 0.2) is 11.6 Å². The van der Waals surface area contributed by atoms with Crippen LogP contribution in [-0.2, 0) is 14.8 Å². The van der Waals surface area contributed by atoms with E-state index in [1.807, 2.05) is 0 Å². The van der Waals surface area contributed by atoms with Gasteiger partial charge in [0.2, 0.25) is 15.9 Å². The number of hydrogen-bond donors (Lipinski definition) is 0. The molecule has 0 saturated carbocycles. The maximum atomic E-state index is 13.5. The van der Waals surface area contributed by atoms with E-state index >= 15 is 0 Å². The summed E-state index contributed by atoms with van der Waals surface area (Å²) in [4.78, 5) is 14.6. The van der Waals surface area contributed by atoms with Crippen molar-refractivity contribution in [3.63, 3.8) is 0 Å². The number of piperidine rings is 1. The second-order valence-corrected chi connectivity index (χ2v) is 9.81. The van der Waals surface area contributed by atoms with Crippen LogP contribution >= 0.6 is 11.6 Å². The van der Waals surface area contributed by atoms with Gasteiger partial charge in [-0.1, -0.05) is 17.7 Å². The Morgan fingerprint density at radius 2 is 1.70 bits per heavy atom. The normalized spacial score (nSPS) is 17.0. The summed E-state index contributed by atoms with van der Waals surface area (Å²) in [5.41, 5.74) is 0.493. The summed E-state index contributed by atoms with van der Waals surface area (Å²) in [5.74, 6) is -2.37. The minimum Gasteiger partial charge on any atom is -0.339 e. The van der Waals surface area contributed by atoms with Gasteiger partial charge in [-0.3, -0.25) is 4.79 Å². The Hall–Kier alpha value is -2.03. The van der Waals surface area contributed by atoms with Crippen LogP contribution in [0, 0.1) is 17.6 Å². The molecular formula is C21H23ClF2N2O3S. The topological polar surface area (TPSA) is 57.7 Å². The van der Waals surface area contributed by atoms with E-state index in [1.165, 1.54) is 39.5 Å². The predicted molar refractivity (Wildman–Crippen MR) is 110 cm³/mol. The quantitative estimate of drug-likeness (QED) is 0.676. The van der Waals surface area contributed by atoms with Gasteiger partial charge in [0, 0.05) is 31.1 Å². The zero-order valence-corrected chi connectivity index (χ0v) is 18.3. The molecule has 30 heavy (non-hydrogen) atoms. The third-order valence-corrected chi connectivity index (χ3v) is 7.77. The first-order valence-corrected chi connectivity index (χ1v) is 11.4. The highest BCUT2D eigenvalue weighted by Gasteiger charge is 2.34. The molecule has 0 spiro atoms. The van der Waals surface area contributed by atoms with E-state index in [-0.39, 0.29) is 29.8 Å². The zero-order chi connectivity index (χ0) is 22.1. The molecule has 0 aromatic heterocycles. The second-order valence-electron chi connectivity index (χ2n) is 7.43. The maximum absolute atomic E-state index is 13.5. The van der Waals surface area contributed by atoms with Crippen molar-refractivity contribution >= 4 is 27.5 Å². The van der Waals surface area contributed by atoms with Gasteiger partial charge < -0.3 is 4.90 Å². The van der Waals surface area contributed by atoms with Gasteiger partial charge in [-0.15, -0.1) is 0 Å². The summed E-state index contributed by atoms with van der Waals surface area (Å²) in [6, 6.07) is 9.12. The fraction of sp³-hybridized carbons (Fsp3) is 0.381. The minimum absolute atomic E-state index is 0.143. The highest BCUT2D eigenvalue weighted by Crippen LogP contribution is 2.28. The number of sulfonamides is 1. The Balaban J connectivity index is 1.64. The summed E-state index contributed by atoms with van der Waals surface area (Å²) in [6.07, 6.45) is 0.779. The van der Waals surface area contributed by atoms with Crippen molar-refractivity contribution < 1.29 is 22.0 Å². The lowest BCUT2D eigenvalue weighted by Gasteiger charge is -2.34. The van der Waals surface area contributed by atoms with E-state index in [1.54, 1.807) is 14.0 Å². The molecule has 0 aliphatic carbocycles. The number of rotatable bonds is 5. The van der Waals surface area contributed by atoms with E-state index in [0.717, 1.165) is 12.1 Å². The molecule has 0 N–H and O–H groups in total. The van der Waals surface area contributed by atoms with Crippen LogP contribution in [0.5, 0.6) is 0 Å². The standard InChI is InChI=1S/C21H23ClF2N2O3S/c1-14(16-3-8-19(23)20(24)13-16)25(2)21(27)15-9-11-26(12-10-15)30(28,29)18-6-4-17(22)5-7-18/h3-8,13-15H,9-12H2,1-2H3/t14-/m0/s1. The first kappa shape index (κ1) is 22.7. The number of benzene rings is 2. The van der Waals surface area contributed by atoms with Crippen molar-refractivity contribution in [2.75, 3.05) is 20.1 Å². The molecule has 2 aromatic rings. The molecular weight excluding hydrogens is 434 g/mol. The van der Waals surface area contributed by atoms with Crippen LogP contribution in [0.2, 0.25) is 5.02 Å². The fourth-order valence-electron chi connectivity index (χ4n) is 3.57. The van der Waals surface area contributed by atoms with Gasteiger partial charge >= 0.3 is 0 Å². The number of carbonyl (C=O) groups excluding carboxylic acids is 1. The van der Waals surface area contributed by atoms with Crippen molar-refractivity contribution in [2.45, 2.75) is 30.7 Å². The molecule has 9 heteroatoms. The molecule has 1 aliphatic heterocycles. The Bertz CT molecular complexity index is 1020. The number of nitrogens with zero attached hydrogens (tertiary/aromatic N) is 2. The van der Waals surface area contributed by atoms with E-state index < -0.39 is 27.7 Å². The Kier molecular flexibility index (Phi) is 6.79. The monoisotopic (exact) mass is 456 g/mol. The van der Waals surface area contributed by atoms with E-state index in [2.05, 4.69) is 0 Å². The van der Waals surface area contributed by atoms with E-state index in [0.29, 0.717) is 23.4 Å². The van der Waals surface area contributed by atoms with Crippen molar-refractivity contribution in [3.05, 3.63) is 64.7 Å². The minimum atomic E-state index is -3.64. The summed E-state index contributed by atoms with van der Waals surface area (Å²) in [5, 5.41) is 0.455. The molecule has 1 amide bonds. The van der Waals surface area contributed by atoms with Crippen LogP contribution in [0.15, 0.2) is 47.4 Å². The lowest BCUT2D eigenvalue weighted by atomic mass is 9.95. The Morgan fingerprint density at radius 3 is 2.27 bits per heavy atom. The van der Waals surface area contributed by atoms with Crippen molar-refractivity contribution in [1.82, 2.24) is 9.21 Å². The van der Waals surface area contributed by atoms with Crippen LogP contribution in [0.25, 0.3) is 0 Å². The van der Waals surface area contributed by atoms with Gasteiger partial charge in [0.05, 0.1) is 10.9 Å². The van der Waals surface area contributed by atoms with Crippen molar-refractivity contribution in [2.24, 2.45) is 5.92 Å². The molecule has 1 fully saturated rings. The largest absolute Gasteiger partial charge is 0.339 e. The molecule has 1 saturated heterocycles. The van der Waals surface area contributed by atoms with Gasteiger partial charge in [-0.25, -0.2) is 17.2 Å². The predicted octanol–water partition coefficient (Wildman–Crippen LogP) is 4.24. The third kappa shape index (κ3) is 4.66. The molecule has 0 unspecified atom stereocenters. The zero-order valence-electron chi connectivity index (χ0n) is 16.7. The van der Waals surface area contributed by atoms with E-state index in [9.17, 15) is 22.0 Å². The van der Waals surface area contributed by atoms with Gasteiger partial charge in [0.1, 0.15) is 0 Å². The molecule has 1 heterocycles. The molecule has 0 bridgehead atoms. The smallest absolute Gasteiger partial charge is 0.243 e. The van der Waals surface area contributed by atoms with E-state index in [4.69, 9.17) is 11.6 Å². The number of halogens is 3. The van der Waals surface area contributed by atoms with Gasteiger partial charge in [-0.05, 0) is 61.7 Å². The lowest BCUT2D eigenvalue weighted by molar-refractivity contribution is -0.137. The number of amides is 1. The van der Waals surface area contributed by atoms with Crippen LogP contribution < -0.4 is 0 Å². The van der Waals surface area contributed by atoms with Gasteiger partial charge in [-0.2, -0.15) is 4.31 Å². The van der Waals surface area contributed by atoms with Crippen LogP contribution in [-0.4, -0.2) is 43.7 Å². The average molecular weight is 457 g/mol. The molecule has 1 aliphatic rings. The van der Waals surface area contributed by atoms with Crippen LogP contribution in [0.1, 0.15) is 31.4 Å². The Labute approximate surface area is 180 Å². The van der Waals surface area contributed by atoms with Crippen LogP contribution in [0.4, 0.5) is 8.78 Å². The first-order valence-electron chi connectivity index (χ1n) is 9.58. The molecule has 5 nitrogen and oxygen atoms in total. The summed E-state index contributed by atoms with van der Waals surface area (Å²) in [6.45, 7) is 2.20. The summed E-state index contributed by atoms with van der Waals surface area (Å²) < 4.78 is 53.6. The highest BCUT2D eigenvalue weighted by atomic mass is 35.5. The summed E-state index contributed by atoms with van der Waals surface area (Å²) >= 11 is 5.83. The van der Waals surface area contributed by atoms with Gasteiger partial charge in [0.25, 0.3) is 0 Å². The molecule has 3 rings (SSSR count). The number of hydrogen-bond acceptors (Lipinski definition) is 3. The molecule has 1 atom stereocenters. The average Bonchev–Trinajstić information content (AvgIpc) is 2.74. The summed E-state index contributed by atoms with van der Waals surface area (Å²) in [7, 11) is -2.03.